The minimum atomic E-state index is 0.0390. The lowest BCUT2D eigenvalue weighted by atomic mass is 9.95. The molecule has 0 saturated carbocycles. The van der Waals surface area contributed by atoms with E-state index in [2.05, 4.69) is 51.6 Å². The van der Waals surface area contributed by atoms with Gasteiger partial charge in [-0.05, 0) is 65.5 Å². The number of benzene rings is 2. The molecule has 1 aromatic heterocycles. The van der Waals surface area contributed by atoms with Gasteiger partial charge in [-0.25, -0.2) is 4.68 Å². The van der Waals surface area contributed by atoms with E-state index >= 15 is 0 Å². The number of rotatable bonds is 6. The van der Waals surface area contributed by atoms with Crippen LogP contribution in [0.4, 0.5) is 0 Å². The molecule has 0 spiro atoms. The van der Waals surface area contributed by atoms with Crippen LogP contribution in [0.15, 0.2) is 54.6 Å². The molecule has 1 aliphatic heterocycles. The van der Waals surface area contributed by atoms with Gasteiger partial charge < -0.3 is 4.74 Å². The first-order valence-corrected chi connectivity index (χ1v) is 9.92. The van der Waals surface area contributed by atoms with Gasteiger partial charge in [-0.2, -0.15) is 0 Å². The maximum Gasteiger partial charge on any atom is 0.173 e. The third-order valence-electron chi connectivity index (χ3n) is 5.59. The van der Waals surface area contributed by atoms with E-state index < -0.39 is 0 Å². The number of hydrogen-bond donors (Lipinski definition) is 0. The summed E-state index contributed by atoms with van der Waals surface area (Å²) >= 11 is 0. The molecule has 4 rings (SSSR count). The number of hydrogen-bond acceptors (Lipinski definition) is 5. The molecule has 0 N–H and O–H groups in total. The molecule has 0 unspecified atom stereocenters. The normalized spacial score (nSPS) is 16.8. The predicted molar refractivity (Wildman–Crippen MR) is 108 cm³/mol. The molecule has 2 heterocycles. The van der Waals surface area contributed by atoms with Crippen LogP contribution in [-0.4, -0.2) is 45.3 Å². The van der Waals surface area contributed by atoms with Crippen LogP contribution >= 0.6 is 0 Å². The van der Waals surface area contributed by atoms with E-state index in [4.69, 9.17) is 4.74 Å². The van der Waals surface area contributed by atoms with Crippen LogP contribution in [0.1, 0.15) is 42.8 Å². The molecular weight excluding hydrogens is 350 g/mol. The first kappa shape index (κ1) is 18.6. The molecule has 146 valence electrons. The monoisotopic (exact) mass is 377 g/mol. The van der Waals surface area contributed by atoms with Crippen molar-refractivity contribution in [3.63, 3.8) is 0 Å². The molecule has 2 aromatic carbocycles. The van der Waals surface area contributed by atoms with Gasteiger partial charge in [0.1, 0.15) is 5.75 Å². The van der Waals surface area contributed by atoms with Crippen LogP contribution in [0.5, 0.6) is 5.75 Å². The fraction of sp³-hybridized carbons (Fsp3) is 0.409. The first-order valence-electron chi connectivity index (χ1n) is 9.92. The Morgan fingerprint density at radius 2 is 1.75 bits per heavy atom. The molecule has 6 heteroatoms. The summed E-state index contributed by atoms with van der Waals surface area (Å²) in [5, 5.41) is 12.8. The average Bonchev–Trinajstić information content (AvgIpc) is 3.18. The van der Waals surface area contributed by atoms with Crippen LogP contribution in [0, 0.1) is 5.92 Å². The van der Waals surface area contributed by atoms with Crippen LogP contribution in [0.2, 0.25) is 0 Å². The van der Waals surface area contributed by atoms with E-state index in [0.717, 1.165) is 30.6 Å². The number of nitrogens with zero attached hydrogens (tertiary/aromatic N) is 5. The number of likely N-dealkylation sites (tertiary alicyclic amines) is 1. The van der Waals surface area contributed by atoms with E-state index in [0.29, 0.717) is 6.54 Å². The molecule has 3 aromatic rings. The van der Waals surface area contributed by atoms with E-state index in [1.165, 1.54) is 24.0 Å². The number of aromatic nitrogens is 4. The summed E-state index contributed by atoms with van der Waals surface area (Å²) in [7, 11) is 1.69. The largest absolute Gasteiger partial charge is 0.497 e. The van der Waals surface area contributed by atoms with Crippen molar-refractivity contribution in [1.29, 1.82) is 0 Å². The Kier molecular flexibility index (Phi) is 5.67. The van der Waals surface area contributed by atoms with Gasteiger partial charge >= 0.3 is 0 Å². The van der Waals surface area contributed by atoms with Gasteiger partial charge in [-0.15, -0.1) is 5.10 Å². The summed E-state index contributed by atoms with van der Waals surface area (Å²) in [5.41, 5.74) is 2.39. The highest BCUT2D eigenvalue weighted by atomic mass is 16.5. The van der Waals surface area contributed by atoms with Crippen molar-refractivity contribution in [1.82, 2.24) is 25.1 Å². The molecule has 6 nitrogen and oxygen atoms in total. The van der Waals surface area contributed by atoms with Gasteiger partial charge in [0.05, 0.1) is 19.7 Å². The molecule has 0 radical (unpaired) electrons. The summed E-state index contributed by atoms with van der Waals surface area (Å²) in [6.45, 7) is 5.10. The number of ether oxygens (including phenoxy) is 1. The number of tetrazole rings is 1. The topological polar surface area (TPSA) is 56.1 Å². The van der Waals surface area contributed by atoms with Gasteiger partial charge in [-0.3, -0.25) is 4.90 Å². The quantitative estimate of drug-likeness (QED) is 0.657. The summed E-state index contributed by atoms with van der Waals surface area (Å²) in [6, 6.07) is 18.7. The minimum Gasteiger partial charge on any atom is -0.497 e. The van der Waals surface area contributed by atoms with Gasteiger partial charge in [0.15, 0.2) is 5.82 Å². The zero-order valence-corrected chi connectivity index (χ0v) is 16.5. The molecule has 0 aliphatic carbocycles. The molecule has 0 bridgehead atoms. The second-order valence-electron chi connectivity index (χ2n) is 7.57. The lowest BCUT2D eigenvalue weighted by Gasteiger charge is -2.36. The zero-order valence-electron chi connectivity index (χ0n) is 16.5. The Morgan fingerprint density at radius 1 is 1.04 bits per heavy atom. The number of piperidine rings is 1. The summed E-state index contributed by atoms with van der Waals surface area (Å²) < 4.78 is 7.28. The summed E-state index contributed by atoms with van der Waals surface area (Å²) in [6.07, 6.45) is 2.40. The Hall–Kier alpha value is -2.73. The maximum atomic E-state index is 5.34. The van der Waals surface area contributed by atoms with Crippen molar-refractivity contribution >= 4 is 0 Å². The summed E-state index contributed by atoms with van der Waals surface area (Å²) in [4.78, 5) is 2.51. The van der Waals surface area contributed by atoms with Crippen LogP contribution in [0.3, 0.4) is 0 Å². The van der Waals surface area contributed by atoms with Gasteiger partial charge in [0.2, 0.25) is 0 Å². The van der Waals surface area contributed by atoms with Crippen molar-refractivity contribution in [3.8, 4) is 5.75 Å². The highest BCUT2D eigenvalue weighted by molar-refractivity contribution is 5.32. The lowest BCUT2D eigenvalue weighted by Crippen LogP contribution is -2.38. The van der Waals surface area contributed by atoms with Crippen molar-refractivity contribution in [3.05, 3.63) is 71.5 Å². The standard InChI is InChI=1S/C22H27N5O/c1-17-12-14-26(15-13-17)21(19-8-10-20(28-2)11-9-19)22-23-24-25-27(22)16-18-6-4-3-5-7-18/h3-11,17,21H,12-16H2,1-2H3/t21-/m1/s1. The van der Waals surface area contributed by atoms with Crippen molar-refractivity contribution in [2.45, 2.75) is 32.4 Å². The van der Waals surface area contributed by atoms with E-state index in [-0.39, 0.29) is 6.04 Å². The minimum absolute atomic E-state index is 0.0390. The Morgan fingerprint density at radius 3 is 2.43 bits per heavy atom. The van der Waals surface area contributed by atoms with Crippen LogP contribution in [-0.2, 0) is 6.54 Å². The molecule has 1 saturated heterocycles. The smallest absolute Gasteiger partial charge is 0.173 e. The Balaban J connectivity index is 1.68. The highest BCUT2D eigenvalue weighted by Gasteiger charge is 2.30. The SMILES string of the molecule is COc1ccc([C@H](c2nnnn2Cc2ccccc2)N2CCC(C)CC2)cc1. The second-order valence-corrected chi connectivity index (χ2v) is 7.57. The lowest BCUT2D eigenvalue weighted by molar-refractivity contribution is 0.150. The number of methoxy groups -OCH3 is 1. The van der Waals surface area contributed by atoms with Gasteiger partial charge in [-0.1, -0.05) is 49.4 Å². The van der Waals surface area contributed by atoms with Crippen molar-refractivity contribution < 1.29 is 4.74 Å². The fourth-order valence-electron chi connectivity index (χ4n) is 3.87. The zero-order chi connectivity index (χ0) is 19.3. The molecular formula is C22H27N5O. The van der Waals surface area contributed by atoms with E-state index in [9.17, 15) is 0 Å². The fourth-order valence-corrected chi connectivity index (χ4v) is 3.87. The molecule has 28 heavy (non-hydrogen) atoms. The van der Waals surface area contributed by atoms with Gasteiger partial charge in [0, 0.05) is 0 Å². The maximum absolute atomic E-state index is 5.34. The molecule has 1 atom stereocenters. The molecule has 1 fully saturated rings. The van der Waals surface area contributed by atoms with Crippen molar-refractivity contribution in [2.75, 3.05) is 20.2 Å². The highest BCUT2D eigenvalue weighted by Crippen LogP contribution is 2.32. The predicted octanol–water partition coefficient (Wildman–Crippen LogP) is 3.55. The first-order chi connectivity index (χ1) is 13.7. The van der Waals surface area contributed by atoms with Crippen LogP contribution in [0.25, 0.3) is 0 Å². The van der Waals surface area contributed by atoms with Crippen LogP contribution < -0.4 is 4.74 Å². The van der Waals surface area contributed by atoms with E-state index in [1.807, 2.05) is 35.0 Å². The summed E-state index contributed by atoms with van der Waals surface area (Å²) in [5.74, 6) is 2.52. The third-order valence-corrected chi connectivity index (χ3v) is 5.59. The van der Waals surface area contributed by atoms with Gasteiger partial charge in [0.25, 0.3) is 0 Å². The second kappa shape index (κ2) is 8.52. The average molecular weight is 377 g/mol. The molecule has 1 aliphatic rings. The Bertz CT molecular complexity index is 869. The Labute approximate surface area is 166 Å². The van der Waals surface area contributed by atoms with E-state index in [1.54, 1.807) is 7.11 Å². The third kappa shape index (κ3) is 4.07. The molecule has 0 amide bonds. The van der Waals surface area contributed by atoms with Crippen molar-refractivity contribution in [2.24, 2.45) is 5.92 Å².